The van der Waals surface area contributed by atoms with E-state index in [-0.39, 0.29) is 24.0 Å². The molecule has 0 spiro atoms. The van der Waals surface area contributed by atoms with Crippen molar-refractivity contribution in [3.8, 4) is 28.9 Å². The highest BCUT2D eigenvalue weighted by Gasteiger charge is 2.30. The molecule has 13 nitrogen and oxygen atoms in total. The topological polar surface area (TPSA) is 142 Å². The van der Waals surface area contributed by atoms with Crippen molar-refractivity contribution in [3.63, 3.8) is 0 Å². The first kappa shape index (κ1) is 40.2. The van der Waals surface area contributed by atoms with Gasteiger partial charge in [-0.2, -0.15) is 0 Å². The number of ether oxygens (including phenoxy) is 5. The van der Waals surface area contributed by atoms with Crippen LogP contribution in [0.1, 0.15) is 97.0 Å². The second-order valence-corrected chi connectivity index (χ2v) is 15.3. The molecule has 294 valence electrons. The van der Waals surface area contributed by atoms with Crippen molar-refractivity contribution in [2.24, 2.45) is 5.92 Å². The fourth-order valence-corrected chi connectivity index (χ4v) is 6.92. The molecular formula is C41H58N6O7. The molecule has 1 amide bonds. The summed E-state index contributed by atoms with van der Waals surface area (Å²) in [5, 5.41) is 23.7. The minimum atomic E-state index is -0.540. The minimum absolute atomic E-state index is 0.0744. The molecule has 0 unspecified atom stereocenters. The van der Waals surface area contributed by atoms with Gasteiger partial charge in [0.2, 0.25) is 0 Å². The van der Waals surface area contributed by atoms with Gasteiger partial charge in [0.05, 0.1) is 27.4 Å². The standard InChI is InChI=1S/C41H58N6O7/c1-10-11-12-35-43-36-37(47(35)23-27-13-17-30(18-14-27)42-40(49)54-41(4,5)6)39(53-26(2)3)45-44-38(36)46(24-28-15-19-31(50-7)21-33(28)48)25-29-16-20-32(51-8)22-34(29)52-9/h15-16,19-22,26-27,30,48H,10-14,17-18,23-25H2,1-9H3,(H,42,49). The number of aromatic hydroxyl groups is 1. The number of phenols is 1. The molecule has 2 aromatic carbocycles. The second-order valence-electron chi connectivity index (χ2n) is 15.3. The molecule has 1 aliphatic rings. The van der Waals surface area contributed by atoms with Crippen LogP contribution in [0.25, 0.3) is 11.0 Å². The van der Waals surface area contributed by atoms with E-state index in [1.54, 1.807) is 27.4 Å². The SMILES string of the molecule is CCCCc1nc2c(N(Cc3ccc(OC)cc3O)Cc3ccc(OC)cc3OC)nnc(OC(C)C)c2n1CC1CCC(NC(=O)OC(C)(C)C)CC1. The van der Waals surface area contributed by atoms with Crippen LogP contribution >= 0.6 is 0 Å². The number of fused-ring (bicyclic) bond motifs is 1. The number of phenolic OH excluding ortho intramolecular Hbond substituents is 1. The van der Waals surface area contributed by atoms with Crippen LogP contribution in [0.2, 0.25) is 0 Å². The number of imidazole rings is 1. The highest BCUT2D eigenvalue weighted by Crippen LogP contribution is 2.37. The van der Waals surface area contributed by atoms with E-state index in [0.717, 1.165) is 68.4 Å². The molecule has 0 bridgehead atoms. The maximum absolute atomic E-state index is 12.5. The number of alkyl carbamates (subject to hydrolysis) is 1. The number of hydrogen-bond donors (Lipinski definition) is 2. The highest BCUT2D eigenvalue weighted by molar-refractivity contribution is 5.90. The number of rotatable bonds is 16. The van der Waals surface area contributed by atoms with E-state index >= 15 is 0 Å². The third-order valence-electron chi connectivity index (χ3n) is 9.61. The molecule has 5 rings (SSSR count). The van der Waals surface area contributed by atoms with Crippen molar-refractivity contribution >= 4 is 22.9 Å². The van der Waals surface area contributed by atoms with Gasteiger partial charge in [0, 0.05) is 55.4 Å². The van der Waals surface area contributed by atoms with Crippen LogP contribution in [0, 0.1) is 5.92 Å². The van der Waals surface area contributed by atoms with Crippen LogP contribution in [0.5, 0.6) is 28.9 Å². The fourth-order valence-electron chi connectivity index (χ4n) is 6.92. The smallest absolute Gasteiger partial charge is 0.407 e. The first-order valence-corrected chi connectivity index (χ1v) is 19.1. The number of hydrogen-bond acceptors (Lipinski definition) is 11. The number of aromatic nitrogens is 4. The Labute approximate surface area is 319 Å². The van der Waals surface area contributed by atoms with Crippen molar-refractivity contribution in [1.29, 1.82) is 0 Å². The van der Waals surface area contributed by atoms with Crippen LogP contribution in [0.3, 0.4) is 0 Å². The molecule has 13 heteroatoms. The Hall–Kier alpha value is -4.94. The average molecular weight is 747 g/mol. The lowest BCUT2D eigenvalue weighted by Gasteiger charge is -2.30. The van der Waals surface area contributed by atoms with Crippen LogP contribution < -0.4 is 29.2 Å². The Bertz CT molecular complexity index is 1860. The minimum Gasteiger partial charge on any atom is -0.507 e. The molecule has 2 N–H and O–H groups in total. The Balaban J connectivity index is 1.57. The Morgan fingerprint density at radius 1 is 0.963 bits per heavy atom. The number of anilines is 1. The first-order valence-electron chi connectivity index (χ1n) is 19.1. The van der Waals surface area contributed by atoms with Gasteiger partial charge in [-0.25, -0.2) is 9.78 Å². The molecule has 54 heavy (non-hydrogen) atoms. The van der Waals surface area contributed by atoms with Gasteiger partial charge in [-0.05, 0) is 96.9 Å². The Morgan fingerprint density at radius 3 is 2.24 bits per heavy atom. The summed E-state index contributed by atoms with van der Waals surface area (Å²) in [5.74, 6) is 4.33. The number of carbonyl (C=O) groups is 1. The summed E-state index contributed by atoms with van der Waals surface area (Å²) in [6.45, 7) is 13.2. The zero-order valence-electron chi connectivity index (χ0n) is 33.4. The fraction of sp³-hybridized carbons (Fsp3) is 0.561. The third-order valence-corrected chi connectivity index (χ3v) is 9.61. The largest absolute Gasteiger partial charge is 0.507 e. The zero-order valence-corrected chi connectivity index (χ0v) is 33.4. The molecule has 2 heterocycles. The molecule has 1 fully saturated rings. The molecule has 2 aromatic heterocycles. The van der Waals surface area contributed by atoms with Gasteiger partial charge >= 0.3 is 6.09 Å². The summed E-state index contributed by atoms with van der Waals surface area (Å²) in [6.07, 6.45) is 5.89. The number of carbonyl (C=O) groups excluding carboxylic acids is 1. The van der Waals surface area contributed by atoms with E-state index in [0.29, 0.717) is 59.0 Å². The molecule has 0 saturated heterocycles. The Kier molecular flexibility index (Phi) is 13.4. The van der Waals surface area contributed by atoms with Gasteiger partial charge in [-0.15, -0.1) is 10.2 Å². The van der Waals surface area contributed by atoms with E-state index in [4.69, 9.17) is 38.9 Å². The molecule has 4 aromatic rings. The lowest BCUT2D eigenvalue weighted by atomic mass is 9.86. The van der Waals surface area contributed by atoms with E-state index in [2.05, 4.69) is 21.7 Å². The summed E-state index contributed by atoms with van der Waals surface area (Å²) >= 11 is 0. The van der Waals surface area contributed by atoms with Crippen LogP contribution in [-0.4, -0.2) is 70.0 Å². The molecular weight excluding hydrogens is 688 g/mol. The van der Waals surface area contributed by atoms with Gasteiger partial charge in [-0.1, -0.05) is 13.3 Å². The van der Waals surface area contributed by atoms with Gasteiger partial charge in [0.15, 0.2) is 5.82 Å². The number of unbranched alkanes of at least 4 members (excludes halogenated alkanes) is 1. The lowest BCUT2D eigenvalue weighted by molar-refractivity contribution is 0.0486. The van der Waals surface area contributed by atoms with Crippen molar-refractivity contribution < 1.29 is 33.6 Å². The van der Waals surface area contributed by atoms with Crippen LogP contribution in [0.15, 0.2) is 36.4 Å². The van der Waals surface area contributed by atoms with Crippen molar-refractivity contribution in [3.05, 3.63) is 53.3 Å². The number of nitrogens with one attached hydrogen (secondary N) is 1. The van der Waals surface area contributed by atoms with E-state index < -0.39 is 5.60 Å². The molecule has 0 aliphatic heterocycles. The number of methoxy groups -OCH3 is 3. The Morgan fingerprint density at radius 2 is 1.63 bits per heavy atom. The number of amides is 1. The molecule has 1 aliphatic carbocycles. The lowest BCUT2D eigenvalue weighted by Crippen LogP contribution is -2.41. The maximum Gasteiger partial charge on any atom is 0.407 e. The molecule has 0 atom stereocenters. The summed E-state index contributed by atoms with van der Waals surface area (Å²) in [7, 11) is 4.83. The summed E-state index contributed by atoms with van der Waals surface area (Å²) in [6, 6.07) is 11.1. The summed E-state index contributed by atoms with van der Waals surface area (Å²) in [4.78, 5) is 19.9. The van der Waals surface area contributed by atoms with Gasteiger partial charge in [0.1, 0.15) is 45.5 Å². The van der Waals surface area contributed by atoms with E-state index in [9.17, 15) is 9.90 Å². The van der Waals surface area contributed by atoms with Gasteiger partial charge < -0.3 is 43.6 Å². The van der Waals surface area contributed by atoms with Crippen molar-refractivity contribution in [1.82, 2.24) is 25.1 Å². The van der Waals surface area contributed by atoms with E-state index in [1.807, 2.05) is 65.0 Å². The van der Waals surface area contributed by atoms with Gasteiger partial charge in [-0.3, -0.25) is 0 Å². The number of aryl methyl sites for hydroxylation is 1. The quantitative estimate of drug-likeness (QED) is 0.115. The van der Waals surface area contributed by atoms with Crippen LogP contribution in [-0.2, 0) is 30.8 Å². The van der Waals surface area contributed by atoms with Crippen LogP contribution in [0.4, 0.5) is 10.6 Å². The average Bonchev–Trinajstić information content (AvgIpc) is 3.49. The predicted molar refractivity (Wildman–Crippen MR) is 209 cm³/mol. The zero-order chi connectivity index (χ0) is 39.0. The normalized spacial score (nSPS) is 16.0. The summed E-state index contributed by atoms with van der Waals surface area (Å²) in [5.41, 5.74) is 2.53. The van der Waals surface area contributed by atoms with Gasteiger partial charge in [0.25, 0.3) is 5.88 Å². The first-order chi connectivity index (χ1) is 25.8. The van der Waals surface area contributed by atoms with Crippen molar-refractivity contribution in [2.45, 2.75) is 124 Å². The predicted octanol–water partition coefficient (Wildman–Crippen LogP) is 7.98. The number of nitrogens with zero attached hydrogens (tertiary/aromatic N) is 5. The second kappa shape index (κ2) is 17.9. The summed E-state index contributed by atoms with van der Waals surface area (Å²) < 4.78 is 30.8. The van der Waals surface area contributed by atoms with E-state index in [1.165, 1.54) is 0 Å². The molecule has 0 radical (unpaired) electrons. The van der Waals surface area contributed by atoms with Crippen molar-refractivity contribution in [2.75, 3.05) is 26.2 Å². The number of benzene rings is 2. The molecule has 1 saturated carbocycles. The maximum atomic E-state index is 12.5. The monoisotopic (exact) mass is 746 g/mol. The highest BCUT2D eigenvalue weighted by atomic mass is 16.6. The third kappa shape index (κ3) is 10.2.